The molecule has 0 atom stereocenters. The number of para-hydroxylation sites is 1. The Balaban J connectivity index is 1.70. The third kappa shape index (κ3) is 2.74. The molecule has 0 fully saturated rings. The number of imidazole rings is 1. The van der Waals surface area contributed by atoms with Crippen LogP contribution in [0.1, 0.15) is 10.4 Å². The van der Waals surface area contributed by atoms with Crippen LogP contribution in [0.25, 0.3) is 16.2 Å². The molecule has 0 aliphatic heterocycles. The van der Waals surface area contributed by atoms with Crippen LogP contribution < -0.4 is 5.32 Å². The fourth-order valence-electron chi connectivity index (χ4n) is 2.51. The summed E-state index contributed by atoms with van der Waals surface area (Å²) < 4.78 is 2.74. The lowest BCUT2D eigenvalue weighted by Gasteiger charge is -2.10. The van der Waals surface area contributed by atoms with Gasteiger partial charge in [-0.3, -0.25) is 9.20 Å². The summed E-state index contributed by atoms with van der Waals surface area (Å²) in [4.78, 5) is 18.1. The summed E-state index contributed by atoms with van der Waals surface area (Å²) in [5.41, 5.74) is 3.07. The maximum atomic E-state index is 12.6. The van der Waals surface area contributed by atoms with Crippen molar-refractivity contribution in [1.82, 2.24) is 9.38 Å². The molecule has 0 saturated carbocycles. The molecule has 1 N–H and O–H groups in total. The van der Waals surface area contributed by atoms with Crippen molar-refractivity contribution in [3.63, 3.8) is 0 Å². The molecule has 118 valence electrons. The Labute approximate surface area is 150 Å². The molecular weight excluding hydrogens is 386 g/mol. The first kappa shape index (κ1) is 15.1. The second kappa shape index (κ2) is 6.22. The number of nitrogens with one attached hydrogen (secondary N) is 1. The highest BCUT2D eigenvalue weighted by Crippen LogP contribution is 2.29. The molecule has 6 heteroatoms. The lowest BCUT2D eigenvalue weighted by atomic mass is 10.1. The molecular formula is C18H12BrN3OS. The van der Waals surface area contributed by atoms with Gasteiger partial charge < -0.3 is 5.32 Å². The molecule has 4 aromatic rings. The maximum Gasteiger partial charge on any atom is 0.256 e. The number of carbonyl (C=O) groups is 1. The van der Waals surface area contributed by atoms with E-state index in [1.54, 1.807) is 17.4 Å². The SMILES string of the molecule is O=C(Nc1ccccc1-c1cn2ccsc2n1)c1ccccc1Br. The van der Waals surface area contributed by atoms with E-state index in [9.17, 15) is 4.79 Å². The van der Waals surface area contributed by atoms with Crippen molar-refractivity contribution in [2.75, 3.05) is 5.32 Å². The van der Waals surface area contributed by atoms with Gasteiger partial charge >= 0.3 is 0 Å². The molecule has 0 unspecified atom stereocenters. The van der Waals surface area contributed by atoms with Crippen LogP contribution in [0.4, 0.5) is 5.69 Å². The van der Waals surface area contributed by atoms with Crippen molar-refractivity contribution in [3.05, 3.63) is 76.3 Å². The summed E-state index contributed by atoms with van der Waals surface area (Å²) in [6, 6.07) is 15.1. The van der Waals surface area contributed by atoms with Crippen LogP contribution in [0.2, 0.25) is 0 Å². The van der Waals surface area contributed by atoms with E-state index < -0.39 is 0 Å². The van der Waals surface area contributed by atoms with Crippen LogP contribution in [-0.2, 0) is 0 Å². The van der Waals surface area contributed by atoms with E-state index >= 15 is 0 Å². The van der Waals surface area contributed by atoms with Gasteiger partial charge in [-0.15, -0.1) is 11.3 Å². The number of hydrogen-bond acceptors (Lipinski definition) is 3. The summed E-state index contributed by atoms with van der Waals surface area (Å²) in [5, 5.41) is 4.98. The van der Waals surface area contributed by atoms with Gasteiger partial charge in [0, 0.05) is 27.8 Å². The fraction of sp³-hybridized carbons (Fsp3) is 0. The number of benzene rings is 2. The Bertz CT molecular complexity index is 1010. The van der Waals surface area contributed by atoms with Gasteiger partial charge in [0.15, 0.2) is 4.96 Å². The molecule has 0 bridgehead atoms. The minimum absolute atomic E-state index is 0.157. The van der Waals surface area contributed by atoms with E-state index in [-0.39, 0.29) is 5.91 Å². The molecule has 2 aromatic heterocycles. The highest BCUT2D eigenvalue weighted by Gasteiger charge is 2.14. The first-order chi connectivity index (χ1) is 11.7. The van der Waals surface area contributed by atoms with Crippen molar-refractivity contribution in [2.45, 2.75) is 0 Å². The minimum Gasteiger partial charge on any atom is -0.321 e. The van der Waals surface area contributed by atoms with E-state index in [1.807, 2.05) is 64.6 Å². The van der Waals surface area contributed by atoms with Crippen molar-refractivity contribution in [1.29, 1.82) is 0 Å². The smallest absolute Gasteiger partial charge is 0.256 e. The van der Waals surface area contributed by atoms with Gasteiger partial charge in [-0.05, 0) is 34.1 Å². The topological polar surface area (TPSA) is 46.4 Å². The third-order valence-corrected chi connectivity index (χ3v) is 5.13. The molecule has 0 spiro atoms. The molecule has 1 amide bonds. The molecule has 24 heavy (non-hydrogen) atoms. The van der Waals surface area contributed by atoms with Gasteiger partial charge in [-0.2, -0.15) is 0 Å². The van der Waals surface area contributed by atoms with E-state index in [0.717, 1.165) is 26.4 Å². The summed E-state index contributed by atoms with van der Waals surface area (Å²) in [6.07, 6.45) is 3.94. The Morgan fingerprint density at radius 1 is 1.12 bits per heavy atom. The molecule has 0 aliphatic carbocycles. The number of amides is 1. The molecule has 0 aliphatic rings. The highest BCUT2D eigenvalue weighted by atomic mass is 79.9. The average molecular weight is 398 g/mol. The molecule has 2 aromatic carbocycles. The van der Waals surface area contributed by atoms with E-state index in [1.165, 1.54) is 0 Å². The zero-order chi connectivity index (χ0) is 16.5. The largest absolute Gasteiger partial charge is 0.321 e. The highest BCUT2D eigenvalue weighted by molar-refractivity contribution is 9.10. The van der Waals surface area contributed by atoms with Crippen LogP contribution in [-0.4, -0.2) is 15.3 Å². The summed E-state index contributed by atoms with van der Waals surface area (Å²) in [7, 11) is 0. The summed E-state index contributed by atoms with van der Waals surface area (Å²) in [5.74, 6) is -0.157. The lowest BCUT2D eigenvalue weighted by molar-refractivity contribution is 0.102. The summed E-state index contributed by atoms with van der Waals surface area (Å²) >= 11 is 5.00. The fourth-order valence-corrected chi connectivity index (χ4v) is 3.67. The van der Waals surface area contributed by atoms with Crippen molar-refractivity contribution >= 4 is 43.8 Å². The van der Waals surface area contributed by atoms with Crippen LogP contribution in [0.3, 0.4) is 0 Å². The first-order valence-corrected chi connectivity index (χ1v) is 8.97. The Morgan fingerprint density at radius 2 is 1.92 bits per heavy atom. The van der Waals surface area contributed by atoms with Crippen molar-refractivity contribution in [3.8, 4) is 11.3 Å². The first-order valence-electron chi connectivity index (χ1n) is 7.30. The summed E-state index contributed by atoms with van der Waals surface area (Å²) in [6.45, 7) is 0. The second-order valence-corrected chi connectivity index (χ2v) is 6.93. The van der Waals surface area contributed by atoms with E-state index in [2.05, 4.69) is 26.2 Å². The Kier molecular flexibility index (Phi) is 3.92. The Hall–Kier alpha value is -2.44. The number of anilines is 1. The zero-order valence-electron chi connectivity index (χ0n) is 12.4. The van der Waals surface area contributed by atoms with Crippen LogP contribution in [0, 0.1) is 0 Å². The van der Waals surface area contributed by atoms with Gasteiger partial charge in [-0.25, -0.2) is 4.98 Å². The predicted octanol–water partition coefficient (Wildman–Crippen LogP) is 5.08. The number of rotatable bonds is 3. The predicted molar refractivity (Wildman–Crippen MR) is 101 cm³/mol. The standard InChI is InChI=1S/C18H12BrN3OS/c19-14-7-3-1-5-12(14)17(23)20-15-8-4-2-6-13(15)16-11-22-9-10-24-18(22)21-16/h1-11H,(H,20,23). The number of nitrogens with zero attached hydrogens (tertiary/aromatic N) is 2. The molecule has 0 saturated heterocycles. The van der Waals surface area contributed by atoms with Crippen LogP contribution in [0.15, 0.2) is 70.8 Å². The number of carbonyl (C=O) groups excluding carboxylic acids is 1. The third-order valence-electron chi connectivity index (χ3n) is 3.66. The van der Waals surface area contributed by atoms with Crippen molar-refractivity contribution < 1.29 is 4.79 Å². The van der Waals surface area contributed by atoms with Gasteiger partial charge in [-0.1, -0.05) is 30.3 Å². The van der Waals surface area contributed by atoms with E-state index in [0.29, 0.717) is 5.56 Å². The second-order valence-electron chi connectivity index (χ2n) is 5.20. The molecule has 2 heterocycles. The zero-order valence-corrected chi connectivity index (χ0v) is 14.8. The molecule has 4 nitrogen and oxygen atoms in total. The number of fused-ring (bicyclic) bond motifs is 1. The van der Waals surface area contributed by atoms with Gasteiger partial charge in [0.25, 0.3) is 5.91 Å². The minimum atomic E-state index is -0.157. The average Bonchev–Trinajstić information content (AvgIpc) is 3.17. The Morgan fingerprint density at radius 3 is 2.75 bits per heavy atom. The normalized spacial score (nSPS) is 10.9. The number of halogens is 1. The number of hydrogen-bond donors (Lipinski definition) is 1. The van der Waals surface area contributed by atoms with Gasteiger partial charge in [0.1, 0.15) is 0 Å². The maximum absolute atomic E-state index is 12.6. The van der Waals surface area contributed by atoms with Gasteiger partial charge in [0.2, 0.25) is 0 Å². The van der Waals surface area contributed by atoms with Crippen LogP contribution in [0.5, 0.6) is 0 Å². The monoisotopic (exact) mass is 397 g/mol. The lowest BCUT2D eigenvalue weighted by Crippen LogP contribution is -2.13. The molecule has 4 rings (SSSR count). The van der Waals surface area contributed by atoms with Gasteiger partial charge in [0.05, 0.1) is 16.9 Å². The van der Waals surface area contributed by atoms with E-state index in [4.69, 9.17) is 0 Å². The number of thiazole rings is 1. The quantitative estimate of drug-likeness (QED) is 0.523. The number of aromatic nitrogens is 2. The molecule has 0 radical (unpaired) electrons. The van der Waals surface area contributed by atoms with Crippen LogP contribution >= 0.6 is 27.3 Å². The van der Waals surface area contributed by atoms with Crippen molar-refractivity contribution in [2.24, 2.45) is 0 Å².